The molecule has 1 aromatic carbocycles. The summed E-state index contributed by atoms with van der Waals surface area (Å²) >= 11 is 0. The predicted octanol–water partition coefficient (Wildman–Crippen LogP) is 2.92. The van der Waals surface area contributed by atoms with E-state index in [4.69, 9.17) is 10.5 Å². The van der Waals surface area contributed by atoms with E-state index in [1.807, 2.05) is 51.1 Å². The number of pyridine rings is 1. The van der Waals surface area contributed by atoms with Gasteiger partial charge in [0.2, 0.25) is 5.91 Å². The predicted molar refractivity (Wildman–Crippen MR) is 115 cm³/mol. The first kappa shape index (κ1) is 20.8. The number of imidazole rings is 1. The minimum Gasteiger partial charge on any atom is -0.382 e. The number of nitrogens with one attached hydrogen (secondary N) is 1. The van der Waals surface area contributed by atoms with Crippen LogP contribution in [0.4, 0.5) is 5.82 Å². The minimum absolute atomic E-state index is 0.0294. The molecule has 7 nitrogen and oxygen atoms in total. The first-order valence-corrected chi connectivity index (χ1v) is 10.0. The smallest absolute Gasteiger partial charge is 0.224 e. The molecule has 3 rings (SSSR count). The highest BCUT2D eigenvalue weighted by atomic mass is 16.5. The maximum atomic E-state index is 12.2. The standard InChI is InChI=1S/C22H29N5O2/c1-4-29-14-18-26-20-21(15(2)16(3)25-22(20)23)27(18)12-8-11-24-19(28)13-17-9-6-5-7-10-17/h5-7,9-10H,4,8,11-14H2,1-3H3,(H2,23,25)(H,24,28). The lowest BCUT2D eigenvalue weighted by molar-refractivity contribution is -0.120. The van der Waals surface area contributed by atoms with Crippen molar-refractivity contribution in [3.05, 3.63) is 53.0 Å². The fraction of sp³-hybridized carbons (Fsp3) is 0.409. The number of nitrogens with two attached hydrogens (primary N) is 1. The second kappa shape index (κ2) is 9.52. The first-order chi connectivity index (χ1) is 14.0. The third-order valence-corrected chi connectivity index (χ3v) is 5.00. The van der Waals surface area contributed by atoms with Gasteiger partial charge in [0.1, 0.15) is 17.9 Å². The molecule has 0 aliphatic rings. The average molecular weight is 396 g/mol. The van der Waals surface area contributed by atoms with Crippen molar-refractivity contribution in [3.8, 4) is 0 Å². The summed E-state index contributed by atoms with van der Waals surface area (Å²) in [6.07, 6.45) is 1.18. The van der Waals surface area contributed by atoms with E-state index >= 15 is 0 Å². The van der Waals surface area contributed by atoms with Crippen LogP contribution in [-0.4, -0.2) is 33.6 Å². The van der Waals surface area contributed by atoms with Gasteiger partial charge in [-0.25, -0.2) is 9.97 Å². The Kier molecular flexibility index (Phi) is 6.82. The maximum Gasteiger partial charge on any atom is 0.224 e. The molecular formula is C22H29N5O2. The lowest BCUT2D eigenvalue weighted by Gasteiger charge is -2.12. The van der Waals surface area contributed by atoms with E-state index in [2.05, 4.69) is 19.9 Å². The molecule has 7 heteroatoms. The number of nitrogen functional groups attached to an aromatic ring is 1. The Morgan fingerprint density at radius 2 is 1.97 bits per heavy atom. The van der Waals surface area contributed by atoms with Crippen molar-refractivity contribution in [2.45, 2.75) is 46.8 Å². The SMILES string of the molecule is CCOCc1nc2c(N)nc(C)c(C)c2n1CCCNC(=O)Cc1ccccc1. The van der Waals surface area contributed by atoms with Crippen molar-refractivity contribution >= 4 is 22.8 Å². The van der Waals surface area contributed by atoms with Gasteiger partial charge in [0.15, 0.2) is 5.82 Å². The third-order valence-electron chi connectivity index (χ3n) is 5.00. The number of nitrogens with zero attached hydrogens (tertiary/aromatic N) is 3. The second-order valence-electron chi connectivity index (χ2n) is 7.09. The number of anilines is 1. The summed E-state index contributed by atoms with van der Waals surface area (Å²) in [7, 11) is 0. The van der Waals surface area contributed by atoms with Gasteiger partial charge in [-0.05, 0) is 38.3 Å². The van der Waals surface area contributed by atoms with Crippen molar-refractivity contribution in [2.24, 2.45) is 0 Å². The van der Waals surface area contributed by atoms with Crippen molar-refractivity contribution in [1.82, 2.24) is 19.9 Å². The van der Waals surface area contributed by atoms with E-state index in [0.717, 1.165) is 40.1 Å². The van der Waals surface area contributed by atoms with Gasteiger partial charge >= 0.3 is 0 Å². The van der Waals surface area contributed by atoms with Crippen LogP contribution in [0, 0.1) is 13.8 Å². The second-order valence-corrected chi connectivity index (χ2v) is 7.09. The van der Waals surface area contributed by atoms with Crippen LogP contribution in [-0.2, 0) is 29.1 Å². The van der Waals surface area contributed by atoms with E-state index in [9.17, 15) is 4.79 Å². The van der Waals surface area contributed by atoms with Crippen LogP contribution in [0.3, 0.4) is 0 Å². The van der Waals surface area contributed by atoms with Gasteiger partial charge in [-0.15, -0.1) is 0 Å². The average Bonchev–Trinajstić information content (AvgIpc) is 3.08. The summed E-state index contributed by atoms with van der Waals surface area (Å²) in [5.74, 6) is 1.30. The number of carbonyl (C=O) groups excluding carboxylic acids is 1. The number of rotatable bonds is 9. The number of hydrogen-bond donors (Lipinski definition) is 2. The molecule has 0 spiro atoms. The highest BCUT2D eigenvalue weighted by molar-refractivity contribution is 5.88. The molecule has 2 heterocycles. The van der Waals surface area contributed by atoms with E-state index in [-0.39, 0.29) is 5.91 Å². The quantitative estimate of drug-likeness (QED) is 0.543. The largest absolute Gasteiger partial charge is 0.382 e. The summed E-state index contributed by atoms with van der Waals surface area (Å²) in [6.45, 7) is 8.30. The molecule has 0 unspecified atom stereocenters. The molecule has 1 amide bonds. The highest BCUT2D eigenvalue weighted by Crippen LogP contribution is 2.26. The molecule has 29 heavy (non-hydrogen) atoms. The molecule has 0 saturated heterocycles. The van der Waals surface area contributed by atoms with Gasteiger partial charge in [0, 0.05) is 25.4 Å². The zero-order valence-electron chi connectivity index (χ0n) is 17.4. The Hall–Kier alpha value is -2.93. The van der Waals surface area contributed by atoms with Crippen LogP contribution in [0.15, 0.2) is 30.3 Å². The monoisotopic (exact) mass is 395 g/mol. The molecular weight excluding hydrogens is 366 g/mol. The Bertz CT molecular complexity index is 982. The van der Waals surface area contributed by atoms with E-state index in [1.54, 1.807) is 0 Å². The Morgan fingerprint density at radius 1 is 1.21 bits per heavy atom. The number of fused-ring (bicyclic) bond motifs is 1. The van der Waals surface area contributed by atoms with Gasteiger partial charge in [0.05, 0.1) is 11.9 Å². The van der Waals surface area contributed by atoms with Crippen molar-refractivity contribution in [3.63, 3.8) is 0 Å². The molecule has 0 radical (unpaired) electrons. The number of ether oxygens (including phenoxy) is 1. The zero-order chi connectivity index (χ0) is 20.8. The Morgan fingerprint density at radius 3 is 2.69 bits per heavy atom. The van der Waals surface area contributed by atoms with Gasteiger partial charge in [0.25, 0.3) is 0 Å². The number of amides is 1. The van der Waals surface area contributed by atoms with Gasteiger partial charge in [-0.1, -0.05) is 30.3 Å². The summed E-state index contributed by atoms with van der Waals surface area (Å²) in [4.78, 5) is 21.2. The van der Waals surface area contributed by atoms with Crippen LogP contribution < -0.4 is 11.1 Å². The van der Waals surface area contributed by atoms with E-state index in [1.165, 1.54) is 0 Å². The topological polar surface area (TPSA) is 95.1 Å². The summed E-state index contributed by atoms with van der Waals surface area (Å²) in [5, 5.41) is 3.00. The fourth-order valence-corrected chi connectivity index (χ4v) is 3.40. The van der Waals surface area contributed by atoms with Crippen LogP contribution in [0.1, 0.15) is 36.0 Å². The molecule has 0 atom stereocenters. The number of benzene rings is 1. The van der Waals surface area contributed by atoms with Gasteiger partial charge in [-0.2, -0.15) is 0 Å². The summed E-state index contributed by atoms with van der Waals surface area (Å²) in [5.41, 5.74) is 10.8. The Labute approximate surface area is 171 Å². The molecule has 154 valence electrons. The first-order valence-electron chi connectivity index (χ1n) is 10.0. The van der Waals surface area contributed by atoms with Crippen molar-refractivity contribution in [1.29, 1.82) is 0 Å². The van der Waals surface area contributed by atoms with E-state index < -0.39 is 0 Å². The van der Waals surface area contributed by atoms with Crippen LogP contribution >= 0.6 is 0 Å². The van der Waals surface area contributed by atoms with Gasteiger partial charge in [-0.3, -0.25) is 4.79 Å². The normalized spacial score (nSPS) is 11.1. The lowest BCUT2D eigenvalue weighted by atomic mass is 10.1. The number of aryl methyl sites for hydroxylation is 3. The lowest BCUT2D eigenvalue weighted by Crippen LogP contribution is -2.27. The molecule has 3 N–H and O–H groups in total. The maximum absolute atomic E-state index is 12.2. The fourth-order valence-electron chi connectivity index (χ4n) is 3.40. The van der Waals surface area contributed by atoms with E-state index in [0.29, 0.717) is 38.5 Å². The Balaban J connectivity index is 1.69. The highest BCUT2D eigenvalue weighted by Gasteiger charge is 2.17. The number of hydrogen-bond acceptors (Lipinski definition) is 5. The molecule has 2 aromatic heterocycles. The summed E-state index contributed by atoms with van der Waals surface area (Å²) < 4.78 is 7.74. The molecule has 3 aromatic rings. The van der Waals surface area contributed by atoms with Crippen molar-refractivity contribution < 1.29 is 9.53 Å². The zero-order valence-corrected chi connectivity index (χ0v) is 17.4. The van der Waals surface area contributed by atoms with Gasteiger partial charge < -0.3 is 20.4 Å². The minimum atomic E-state index is 0.0294. The van der Waals surface area contributed by atoms with Crippen LogP contribution in [0.5, 0.6) is 0 Å². The van der Waals surface area contributed by atoms with Crippen LogP contribution in [0.25, 0.3) is 11.0 Å². The summed E-state index contributed by atoms with van der Waals surface area (Å²) in [6, 6.07) is 9.75. The number of carbonyl (C=O) groups is 1. The molecule has 0 bridgehead atoms. The molecule has 0 fully saturated rings. The van der Waals surface area contributed by atoms with Crippen molar-refractivity contribution in [2.75, 3.05) is 18.9 Å². The number of aromatic nitrogens is 3. The molecule has 0 aliphatic carbocycles. The molecule has 0 aliphatic heterocycles. The molecule has 0 saturated carbocycles. The van der Waals surface area contributed by atoms with Crippen LogP contribution in [0.2, 0.25) is 0 Å². The third kappa shape index (κ3) is 4.92.